The lowest BCUT2D eigenvalue weighted by atomic mass is 10.1. The van der Waals surface area contributed by atoms with Crippen LogP contribution in [0.15, 0.2) is 36.9 Å². The number of rotatable bonds is 5. The van der Waals surface area contributed by atoms with Crippen molar-refractivity contribution in [3.63, 3.8) is 0 Å². The Morgan fingerprint density at radius 3 is 2.59 bits per heavy atom. The van der Waals surface area contributed by atoms with Crippen LogP contribution < -0.4 is 5.32 Å². The fourth-order valence-electron chi connectivity index (χ4n) is 2.07. The van der Waals surface area contributed by atoms with Crippen LogP contribution in [0.25, 0.3) is 5.69 Å². The SMILES string of the molecule is CN(CC(C)(C)O)C(=O)NCc1ccc(-n2cncn2)cc1. The minimum atomic E-state index is -0.911. The number of aliphatic hydroxyl groups is 1. The predicted molar refractivity (Wildman–Crippen MR) is 82.5 cm³/mol. The third kappa shape index (κ3) is 4.56. The maximum atomic E-state index is 11.9. The number of likely N-dealkylation sites (N-methyl/N-ethyl adjacent to an activating group) is 1. The van der Waals surface area contributed by atoms with E-state index < -0.39 is 5.60 Å². The molecule has 0 radical (unpaired) electrons. The zero-order valence-electron chi connectivity index (χ0n) is 13.0. The number of urea groups is 1. The second-order valence-electron chi connectivity index (χ2n) is 5.83. The van der Waals surface area contributed by atoms with Gasteiger partial charge in [-0.3, -0.25) is 0 Å². The topological polar surface area (TPSA) is 83.3 Å². The van der Waals surface area contributed by atoms with Crippen molar-refractivity contribution in [3.8, 4) is 5.69 Å². The number of hydrogen-bond acceptors (Lipinski definition) is 4. The summed E-state index contributed by atoms with van der Waals surface area (Å²) in [6, 6.07) is 7.45. The van der Waals surface area contributed by atoms with Gasteiger partial charge in [0.2, 0.25) is 0 Å². The second-order valence-corrected chi connectivity index (χ2v) is 5.83. The number of carbonyl (C=O) groups excluding carboxylic acids is 1. The highest BCUT2D eigenvalue weighted by atomic mass is 16.3. The van der Waals surface area contributed by atoms with Crippen molar-refractivity contribution >= 4 is 6.03 Å². The molecule has 2 amide bonds. The molecule has 22 heavy (non-hydrogen) atoms. The van der Waals surface area contributed by atoms with Crippen LogP contribution in [0.3, 0.4) is 0 Å². The van der Waals surface area contributed by atoms with E-state index in [4.69, 9.17) is 0 Å². The largest absolute Gasteiger partial charge is 0.389 e. The Morgan fingerprint density at radius 1 is 1.36 bits per heavy atom. The number of carbonyl (C=O) groups is 1. The Bertz CT molecular complexity index is 602. The van der Waals surface area contributed by atoms with E-state index in [1.807, 2.05) is 24.3 Å². The molecule has 0 bridgehead atoms. The van der Waals surface area contributed by atoms with Crippen LogP contribution in [-0.4, -0.2) is 50.0 Å². The molecule has 7 heteroatoms. The highest BCUT2D eigenvalue weighted by Crippen LogP contribution is 2.08. The van der Waals surface area contributed by atoms with Crippen molar-refractivity contribution in [1.29, 1.82) is 0 Å². The van der Waals surface area contributed by atoms with Crippen LogP contribution in [0.5, 0.6) is 0 Å². The van der Waals surface area contributed by atoms with E-state index in [1.54, 1.807) is 31.9 Å². The molecule has 0 atom stereocenters. The predicted octanol–water partition coefficient (Wildman–Crippen LogP) is 1.18. The van der Waals surface area contributed by atoms with Crippen molar-refractivity contribution in [2.24, 2.45) is 0 Å². The first kappa shape index (κ1) is 16.0. The van der Waals surface area contributed by atoms with Crippen molar-refractivity contribution in [2.45, 2.75) is 26.0 Å². The fraction of sp³-hybridized carbons (Fsp3) is 0.400. The van der Waals surface area contributed by atoms with Gasteiger partial charge < -0.3 is 15.3 Å². The van der Waals surface area contributed by atoms with Gasteiger partial charge in [-0.15, -0.1) is 0 Å². The molecule has 0 aliphatic carbocycles. The zero-order valence-corrected chi connectivity index (χ0v) is 13.0. The second kappa shape index (κ2) is 6.57. The number of nitrogens with zero attached hydrogens (tertiary/aromatic N) is 4. The molecule has 0 saturated heterocycles. The summed E-state index contributed by atoms with van der Waals surface area (Å²) in [7, 11) is 1.65. The summed E-state index contributed by atoms with van der Waals surface area (Å²) in [6.07, 6.45) is 3.11. The fourth-order valence-corrected chi connectivity index (χ4v) is 2.07. The molecule has 0 unspecified atom stereocenters. The van der Waals surface area contributed by atoms with Gasteiger partial charge in [0.1, 0.15) is 12.7 Å². The monoisotopic (exact) mass is 303 g/mol. The van der Waals surface area contributed by atoms with Crippen LogP contribution in [0.2, 0.25) is 0 Å². The molecule has 7 nitrogen and oxygen atoms in total. The van der Waals surface area contributed by atoms with Gasteiger partial charge in [0.05, 0.1) is 17.8 Å². The molecular formula is C15H21N5O2. The first-order valence-electron chi connectivity index (χ1n) is 7.00. The average molecular weight is 303 g/mol. The first-order valence-corrected chi connectivity index (χ1v) is 7.00. The van der Waals surface area contributed by atoms with Gasteiger partial charge in [-0.1, -0.05) is 12.1 Å². The molecule has 2 rings (SSSR count). The van der Waals surface area contributed by atoms with Crippen LogP contribution >= 0.6 is 0 Å². The van der Waals surface area contributed by atoms with E-state index in [2.05, 4.69) is 15.4 Å². The first-order chi connectivity index (χ1) is 10.3. The maximum absolute atomic E-state index is 11.9. The summed E-state index contributed by atoms with van der Waals surface area (Å²) in [6.45, 7) is 4.02. The highest BCUT2D eigenvalue weighted by Gasteiger charge is 2.18. The van der Waals surface area contributed by atoms with Gasteiger partial charge in [-0.25, -0.2) is 14.5 Å². The quantitative estimate of drug-likeness (QED) is 0.869. The Labute approximate surface area is 129 Å². The van der Waals surface area contributed by atoms with Gasteiger partial charge in [0.25, 0.3) is 0 Å². The summed E-state index contributed by atoms with van der Waals surface area (Å²) in [4.78, 5) is 17.3. The van der Waals surface area contributed by atoms with Crippen LogP contribution in [0.4, 0.5) is 4.79 Å². The molecule has 2 aromatic rings. The smallest absolute Gasteiger partial charge is 0.317 e. The van der Waals surface area contributed by atoms with E-state index in [0.717, 1.165) is 11.3 Å². The number of benzene rings is 1. The molecule has 0 fully saturated rings. The lowest BCUT2D eigenvalue weighted by molar-refractivity contribution is 0.0531. The normalized spacial score (nSPS) is 11.3. The van der Waals surface area contributed by atoms with E-state index in [0.29, 0.717) is 6.54 Å². The molecule has 1 aromatic heterocycles. The summed E-state index contributed by atoms with van der Waals surface area (Å²) in [5.41, 5.74) is 0.978. The standard InChI is InChI=1S/C15H21N5O2/c1-15(2,22)9-19(3)14(21)17-8-12-4-6-13(7-5-12)20-11-16-10-18-20/h4-7,10-11,22H,8-9H2,1-3H3,(H,17,21). The van der Waals surface area contributed by atoms with Gasteiger partial charge in [0.15, 0.2) is 0 Å². The number of amides is 2. The van der Waals surface area contributed by atoms with Gasteiger partial charge >= 0.3 is 6.03 Å². The van der Waals surface area contributed by atoms with Gasteiger partial charge in [-0.05, 0) is 31.5 Å². The zero-order chi connectivity index (χ0) is 16.2. The maximum Gasteiger partial charge on any atom is 0.317 e. The summed E-state index contributed by atoms with van der Waals surface area (Å²) in [5, 5.41) is 16.6. The molecule has 0 spiro atoms. The van der Waals surface area contributed by atoms with Gasteiger partial charge in [0, 0.05) is 13.6 Å². The van der Waals surface area contributed by atoms with E-state index in [9.17, 15) is 9.90 Å². The average Bonchev–Trinajstić information content (AvgIpc) is 2.97. The van der Waals surface area contributed by atoms with Crippen molar-refractivity contribution in [3.05, 3.63) is 42.5 Å². The van der Waals surface area contributed by atoms with E-state index in [-0.39, 0.29) is 12.6 Å². The summed E-state index contributed by atoms with van der Waals surface area (Å²) in [5.74, 6) is 0. The number of aromatic nitrogens is 3. The molecule has 0 aliphatic heterocycles. The third-order valence-electron chi connectivity index (χ3n) is 3.03. The number of nitrogens with one attached hydrogen (secondary N) is 1. The molecule has 0 aliphatic rings. The minimum absolute atomic E-state index is 0.220. The molecule has 1 heterocycles. The Balaban J connectivity index is 1.88. The Kier molecular flexibility index (Phi) is 4.77. The Morgan fingerprint density at radius 2 is 2.05 bits per heavy atom. The van der Waals surface area contributed by atoms with Crippen LogP contribution in [0, 0.1) is 0 Å². The van der Waals surface area contributed by atoms with E-state index in [1.165, 1.54) is 11.2 Å². The molecule has 1 aromatic carbocycles. The summed E-state index contributed by atoms with van der Waals surface area (Å²) < 4.78 is 1.67. The van der Waals surface area contributed by atoms with Gasteiger partial charge in [-0.2, -0.15) is 5.10 Å². The lowest BCUT2D eigenvalue weighted by Gasteiger charge is -2.25. The summed E-state index contributed by atoms with van der Waals surface area (Å²) >= 11 is 0. The minimum Gasteiger partial charge on any atom is -0.389 e. The number of hydrogen-bond donors (Lipinski definition) is 2. The third-order valence-corrected chi connectivity index (χ3v) is 3.03. The Hall–Kier alpha value is -2.41. The van der Waals surface area contributed by atoms with E-state index >= 15 is 0 Å². The van der Waals surface area contributed by atoms with Crippen molar-refractivity contribution < 1.29 is 9.90 Å². The molecular weight excluding hydrogens is 282 g/mol. The molecule has 0 saturated carbocycles. The molecule has 2 N–H and O–H groups in total. The van der Waals surface area contributed by atoms with Crippen molar-refractivity contribution in [2.75, 3.05) is 13.6 Å². The van der Waals surface area contributed by atoms with Crippen molar-refractivity contribution in [1.82, 2.24) is 25.0 Å². The molecule has 118 valence electrons. The van der Waals surface area contributed by atoms with Crippen LogP contribution in [-0.2, 0) is 6.54 Å². The lowest BCUT2D eigenvalue weighted by Crippen LogP contribution is -2.44. The highest BCUT2D eigenvalue weighted by molar-refractivity contribution is 5.73. The van der Waals surface area contributed by atoms with Crippen LogP contribution in [0.1, 0.15) is 19.4 Å².